The van der Waals surface area contributed by atoms with Crippen molar-refractivity contribution in [1.29, 1.82) is 5.41 Å². The fraction of sp³-hybridized carbons (Fsp3) is 0.222. The average molecular weight is 387 g/mol. The van der Waals surface area contributed by atoms with Crippen molar-refractivity contribution in [3.05, 3.63) is 46.4 Å². The molecule has 0 radical (unpaired) electrons. The third-order valence-corrected chi connectivity index (χ3v) is 4.35. The number of ether oxygens (including phenoxy) is 1. The van der Waals surface area contributed by atoms with E-state index in [0.717, 1.165) is 0 Å². The number of nitrogens with one attached hydrogen (secondary N) is 3. The van der Waals surface area contributed by atoms with Gasteiger partial charge in [-0.2, -0.15) is 0 Å². The Morgan fingerprint density at radius 1 is 1.37 bits per heavy atom. The van der Waals surface area contributed by atoms with Gasteiger partial charge in [-0.05, 0) is 26.0 Å². The normalized spacial score (nSPS) is 11.0. The second-order valence-corrected chi connectivity index (χ2v) is 6.60. The Bertz CT molecular complexity index is 1040. The first-order valence-corrected chi connectivity index (χ1v) is 8.57. The zero-order valence-electron chi connectivity index (χ0n) is 15.1. The van der Waals surface area contributed by atoms with E-state index in [9.17, 15) is 4.79 Å². The van der Waals surface area contributed by atoms with Crippen molar-refractivity contribution in [2.45, 2.75) is 19.9 Å². The minimum Gasteiger partial charge on any atom is -0.465 e. The highest BCUT2D eigenvalue weighted by Gasteiger charge is 2.22. The first-order valence-electron chi connectivity index (χ1n) is 8.19. The molecule has 9 heteroatoms. The van der Waals surface area contributed by atoms with Crippen LogP contribution in [0.5, 0.6) is 0 Å². The molecule has 0 atom stereocenters. The van der Waals surface area contributed by atoms with Crippen LogP contribution >= 0.6 is 11.6 Å². The molecule has 1 aromatic carbocycles. The van der Waals surface area contributed by atoms with E-state index in [4.69, 9.17) is 27.5 Å². The molecular formula is C18H19ClN6O2. The molecule has 5 N–H and O–H groups in total. The van der Waals surface area contributed by atoms with Crippen molar-refractivity contribution in [3.8, 4) is 0 Å². The lowest BCUT2D eigenvalue weighted by atomic mass is 10.1. The standard InChI is InChI=1S/C18H19ClN6O2/c1-8(2)24-17-12(16(21)22-7-23-17)14(20)15-13(19)10-5-4-9(18(26)27-3)6-11(10)25-15/h4-8,20,25H,1-3H3,(H3,21,22,23,24). The van der Waals surface area contributed by atoms with Crippen LogP contribution in [0.1, 0.15) is 35.5 Å². The number of carbonyl (C=O) groups excluding carboxylic acids is 1. The number of halogens is 1. The van der Waals surface area contributed by atoms with Crippen molar-refractivity contribution >= 4 is 45.8 Å². The molecule has 2 heterocycles. The summed E-state index contributed by atoms with van der Waals surface area (Å²) in [5.41, 5.74) is 7.77. The van der Waals surface area contributed by atoms with E-state index in [2.05, 4.69) is 20.3 Å². The molecule has 140 valence electrons. The molecule has 3 aromatic rings. The monoisotopic (exact) mass is 386 g/mol. The summed E-state index contributed by atoms with van der Waals surface area (Å²) in [6.07, 6.45) is 1.34. The van der Waals surface area contributed by atoms with Crippen molar-refractivity contribution in [3.63, 3.8) is 0 Å². The van der Waals surface area contributed by atoms with Gasteiger partial charge in [-0.3, -0.25) is 5.41 Å². The highest BCUT2D eigenvalue weighted by Crippen LogP contribution is 2.32. The number of rotatable bonds is 5. The first-order chi connectivity index (χ1) is 12.8. The Morgan fingerprint density at radius 3 is 2.78 bits per heavy atom. The van der Waals surface area contributed by atoms with Crippen LogP contribution in [0.3, 0.4) is 0 Å². The Hall–Kier alpha value is -3.13. The summed E-state index contributed by atoms with van der Waals surface area (Å²) in [7, 11) is 1.32. The molecule has 0 aliphatic rings. The minimum atomic E-state index is -0.455. The number of H-pyrrole nitrogens is 1. The van der Waals surface area contributed by atoms with Crippen LogP contribution in [0.4, 0.5) is 11.6 Å². The van der Waals surface area contributed by atoms with Gasteiger partial charge in [0.15, 0.2) is 0 Å². The van der Waals surface area contributed by atoms with Gasteiger partial charge in [0.25, 0.3) is 0 Å². The summed E-state index contributed by atoms with van der Waals surface area (Å²) in [6, 6.07) is 5.04. The zero-order valence-corrected chi connectivity index (χ0v) is 15.8. The van der Waals surface area contributed by atoms with E-state index in [1.165, 1.54) is 13.4 Å². The number of carbonyl (C=O) groups is 1. The fourth-order valence-electron chi connectivity index (χ4n) is 2.73. The number of methoxy groups -OCH3 is 1. The van der Waals surface area contributed by atoms with Crippen LogP contribution in [-0.2, 0) is 4.74 Å². The van der Waals surface area contributed by atoms with Gasteiger partial charge in [0.05, 0.1) is 34.7 Å². The summed E-state index contributed by atoms with van der Waals surface area (Å²) in [4.78, 5) is 23.0. The van der Waals surface area contributed by atoms with Crippen LogP contribution in [0.25, 0.3) is 10.9 Å². The predicted molar refractivity (Wildman–Crippen MR) is 106 cm³/mol. The van der Waals surface area contributed by atoms with E-state index in [0.29, 0.717) is 38.6 Å². The maximum atomic E-state index is 11.7. The number of nitrogens with zero attached hydrogens (tertiary/aromatic N) is 2. The molecule has 0 aliphatic carbocycles. The molecule has 2 aromatic heterocycles. The number of nitrogens with two attached hydrogens (primary N) is 1. The second-order valence-electron chi connectivity index (χ2n) is 6.22. The number of aromatic amines is 1. The van der Waals surface area contributed by atoms with E-state index >= 15 is 0 Å². The molecule has 0 amide bonds. The molecule has 27 heavy (non-hydrogen) atoms. The van der Waals surface area contributed by atoms with Gasteiger partial charge in [-0.15, -0.1) is 0 Å². The van der Waals surface area contributed by atoms with E-state index in [1.807, 2.05) is 13.8 Å². The fourth-order valence-corrected chi connectivity index (χ4v) is 3.04. The van der Waals surface area contributed by atoms with Crippen molar-refractivity contribution in [2.75, 3.05) is 18.2 Å². The Labute approximate surface area is 160 Å². The summed E-state index contributed by atoms with van der Waals surface area (Å²) in [6.45, 7) is 3.91. The van der Waals surface area contributed by atoms with E-state index in [1.54, 1.807) is 18.2 Å². The van der Waals surface area contributed by atoms with Crippen LogP contribution < -0.4 is 11.1 Å². The molecule has 0 saturated carbocycles. The van der Waals surface area contributed by atoms with Gasteiger partial charge >= 0.3 is 5.97 Å². The van der Waals surface area contributed by atoms with Crippen molar-refractivity contribution < 1.29 is 9.53 Å². The van der Waals surface area contributed by atoms with E-state index in [-0.39, 0.29) is 17.6 Å². The Morgan fingerprint density at radius 2 is 2.11 bits per heavy atom. The van der Waals surface area contributed by atoms with Crippen LogP contribution in [-0.4, -0.2) is 39.8 Å². The number of hydrogen-bond donors (Lipinski definition) is 4. The SMILES string of the molecule is COC(=O)c1ccc2c(Cl)c(C(=N)c3c(N)ncnc3NC(C)C)[nH]c2c1. The molecule has 0 bridgehead atoms. The van der Waals surface area contributed by atoms with Gasteiger partial charge in [0.1, 0.15) is 18.0 Å². The second kappa shape index (κ2) is 7.24. The minimum absolute atomic E-state index is 0.0528. The van der Waals surface area contributed by atoms with Gasteiger partial charge in [0, 0.05) is 16.9 Å². The number of esters is 1. The highest BCUT2D eigenvalue weighted by atomic mass is 35.5. The number of nitrogen functional groups attached to an aromatic ring is 1. The molecule has 0 spiro atoms. The van der Waals surface area contributed by atoms with Gasteiger partial charge in [-0.25, -0.2) is 14.8 Å². The van der Waals surface area contributed by atoms with E-state index < -0.39 is 5.97 Å². The van der Waals surface area contributed by atoms with Crippen molar-refractivity contribution in [2.24, 2.45) is 0 Å². The lowest BCUT2D eigenvalue weighted by Gasteiger charge is -2.15. The largest absolute Gasteiger partial charge is 0.465 e. The Balaban J connectivity index is 2.12. The summed E-state index contributed by atoms with van der Waals surface area (Å²) in [5.74, 6) is 0.166. The number of aromatic nitrogens is 3. The number of benzene rings is 1. The lowest BCUT2D eigenvalue weighted by Crippen LogP contribution is -2.18. The molecule has 0 fully saturated rings. The maximum absolute atomic E-state index is 11.7. The third kappa shape index (κ3) is 3.43. The number of fused-ring (bicyclic) bond motifs is 1. The van der Waals surface area contributed by atoms with Crippen molar-refractivity contribution in [1.82, 2.24) is 15.0 Å². The summed E-state index contributed by atoms with van der Waals surface area (Å²) in [5, 5.41) is 12.8. The summed E-state index contributed by atoms with van der Waals surface area (Å²) >= 11 is 6.49. The molecule has 8 nitrogen and oxygen atoms in total. The highest BCUT2D eigenvalue weighted by molar-refractivity contribution is 6.40. The zero-order chi connectivity index (χ0) is 19.7. The van der Waals surface area contributed by atoms with Crippen LogP contribution in [0, 0.1) is 5.41 Å². The number of anilines is 2. The molecule has 3 rings (SSSR count). The first kappa shape index (κ1) is 18.7. The molecule has 0 unspecified atom stereocenters. The smallest absolute Gasteiger partial charge is 0.337 e. The lowest BCUT2D eigenvalue weighted by molar-refractivity contribution is 0.0601. The van der Waals surface area contributed by atoms with Crippen LogP contribution in [0.15, 0.2) is 24.5 Å². The van der Waals surface area contributed by atoms with Crippen LogP contribution in [0.2, 0.25) is 5.02 Å². The quantitative estimate of drug-likeness (QED) is 0.393. The predicted octanol–water partition coefficient (Wildman–Crippen LogP) is 3.22. The third-order valence-electron chi connectivity index (χ3n) is 3.96. The summed E-state index contributed by atoms with van der Waals surface area (Å²) < 4.78 is 4.74. The number of hydrogen-bond acceptors (Lipinski definition) is 7. The Kier molecular flexibility index (Phi) is 5.00. The molecule has 0 saturated heterocycles. The van der Waals surface area contributed by atoms with Gasteiger partial charge in [0.2, 0.25) is 0 Å². The van der Waals surface area contributed by atoms with Gasteiger partial charge < -0.3 is 20.8 Å². The topological polar surface area (TPSA) is 130 Å². The van der Waals surface area contributed by atoms with Gasteiger partial charge in [-0.1, -0.05) is 17.7 Å². The average Bonchev–Trinajstić information content (AvgIpc) is 2.96. The molecular weight excluding hydrogens is 368 g/mol. The maximum Gasteiger partial charge on any atom is 0.337 e. The molecule has 0 aliphatic heterocycles.